The third kappa shape index (κ3) is 5.15. The van der Waals surface area contributed by atoms with Gasteiger partial charge in [-0.2, -0.15) is 17.0 Å². The number of rotatable bonds is 5. The van der Waals surface area contributed by atoms with Crippen LogP contribution >= 0.6 is 0 Å². The molecule has 3 aliphatic rings. The van der Waals surface area contributed by atoms with Crippen LogP contribution in [0.15, 0.2) is 0 Å². The number of hydrogen-bond donors (Lipinski definition) is 0. The number of amides is 2. The molecule has 2 saturated heterocycles. The number of nitrogens with zero attached hydrogens (tertiary/aromatic N) is 5. The molecular weight excluding hydrogens is 406 g/mol. The second-order valence-corrected chi connectivity index (χ2v) is 10.7. The smallest absolute Gasteiger partial charge is 0.282 e. The van der Waals surface area contributed by atoms with Crippen LogP contribution in [-0.2, 0) is 19.8 Å². The van der Waals surface area contributed by atoms with Crippen molar-refractivity contribution in [2.75, 3.05) is 59.4 Å². The molecule has 0 aromatic rings. The zero-order valence-electron chi connectivity index (χ0n) is 18.6. The van der Waals surface area contributed by atoms with Gasteiger partial charge in [-0.1, -0.05) is 19.3 Å². The Bertz CT molecular complexity index is 709. The standard InChI is InChI=1S/C20H37N5O4S/c1-17(20(27)24-11-9-23(10-12-24)18(2)26)22-13-15-25(16-14-22)30(28,29)21(3)19-7-5-4-6-8-19/h17,19H,4-16H2,1-3H3. The predicted octanol–water partition coefficient (Wildman–Crippen LogP) is 0.193. The molecule has 3 rings (SSSR count). The van der Waals surface area contributed by atoms with Gasteiger partial charge in [0.05, 0.1) is 6.04 Å². The van der Waals surface area contributed by atoms with Crippen molar-refractivity contribution in [3.8, 4) is 0 Å². The van der Waals surface area contributed by atoms with Crippen molar-refractivity contribution in [1.29, 1.82) is 0 Å². The third-order valence-corrected chi connectivity index (χ3v) is 9.04. The molecule has 0 bridgehead atoms. The van der Waals surface area contributed by atoms with Crippen molar-refractivity contribution < 1.29 is 18.0 Å². The van der Waals surface area contributed by atoms with E-state index in [9.17, 15) is 18.0 Å². The normalized spacial score (nSPS) is 24.3. The summed E-state index contributed by atoms with van der Waals surface area (Å²) in [4.78, 5) is 30.0. The summed E-state index contributed by atoms with van der Waals surface area (Å²) < 4.78 is 29.3. The first-order valence-corrected chi connectivity index (χ1v) is 12.6. The van der Waals surface area contributed by atoms with Gasteiger partial charge >= 0.3 is 0 Å². The van der Waals surface area contributed by atoms with E-state index in [1.165, 1.54) is 6.42 Å². The van der Waals surface area contributed by atoms with Crippen LogP contribution in [0.25, 0.3) is 0 Å². The predicted molar refractivity (Wildman–Crippen MR) is 115 cm³/mol. The summed E-state index contributed by atoms with van der Waals surface area (Å²) in [5.41, 5.74) is 0. The van der Waals surface area contributed by atoms with Gasteiger partial charge in [-0.25, -0.2) is 0 Å². The van der Waals surface area contributed by atoms with Crippen molar-refractivity contribution >= 4 is 22.0 Å². The molecule has 1 atom stereocenters. The first kappa shape index (κ1) is 23.4. The molecule has 2 heterocycles. The van der Waals surface area contributed by atoms with Gasteiger partial charge in [0.1, 0.15) is 0 Å². The van der Waals surface area contributed by atoms with E-state index in [0.29, 0.717) is 52.4 Å². The maximum absolute atomic E-state index is 13.1. The van der Waals surface area contributed by atoms with Gasteiger partial charge in [0, 0.05) is 72.4 Å². The van der Waals surface area contributed by atoms with E-state index in [1.54, 1.807) is 27.5 Å². The van der Waals surface area contributed by atoms with Crippen LogP contribution in [0.2, 0.25) is 0 Å². The van der Waals surface area contributed by atoms with Crippen molar-refractivity contribution in [2.24, 2.45) is 0 Å². The SMILES string of the molecule is CC(=O)N1CCN(C(=O)C(C)N2CCN(S(=O)(=O)N(C)C3CCCCC3)CC2)CC1. The van der Waals surface area contributed by atoms with Crippen LogP contribution in [0.3, 0.4) is 0 Å². The quantitative estimate of drug-likeness (QED) is 0.606. The summed E-state index contributed by atoms with van der Waals surface area (Å²) >= 11 is 0. The van der Waals surface area contributed by atoms with Crippen LogP contribution in [0.1, 0.15) is 46.0 Å². The van der Waals surface area contributed by atoms with Crippen molar-refractivity contribution in [2.45, 2.75) is 58.0 Å². The molecule has 1 saturated carbocycles. The molecule has 0 spiro atoms. The fourth-order valence-corrected chi connectivity index (χ4v) is 6.38. The Morgan fingerprint density at radius 3 is 1.93 bits per heavy atom. The lowest BCUT2D eigenvalue weighted by atomic mass is 9.96. The van der Waals surface area contributed by atoms with Gasteiger partial charge in [0.15, 0.2) is 0 Å². The van der Waals surface area contributed by atoms with Crippen LogP contribution in [-0.4, -0.2) is 115 Å². The zero-order chi connectivity index (χ0) is 21.9. The lowest BCUT2D eigenvalue weighted by molar-refractivity contribution is -0.142. The highest BCUT2D eigenvalue weighted by Crippen LogP contribution is 2.25. The lowest BCUT2D eigenvalue weighted by Crippen LogP contribution is -2.59. The molecule has 0 aromatic heterocycles. The molecular formula is C20H37N5O4S. The molecule has 0 N–H and O–H groups in total. The van der Waals surface area contributed by atoms with E-state index in [4.69, 9.17) is 0 Å². The minimum absolute atomic E-state index is 0.0469. The number of hydrogen-bond acceptors (Lipinski definition) is 5. The number of carbonyl (C=O) groups excluding carboxylic acids is 2. The maximum atomic E-state index is 13.1. The van der Waals surface area contributed by atoms with Gasteiger partial charge in [0.2, 0.25) is 11.8 Å². The van der Waals surface area contributed by atoms with E-state index < -0.39 is 10.2 Å². The Kier molecular flexibility index (Phi) is 7.76. The van der Waals surface area contributed by atoms with Gasteiger partial charge in [-0.3, -0.25) is 14.5 Å². The highest BCUT2D eigenvalue weighted by Gasteiger charge is 2.37. The highest BCUT2D eigenvalue weighted by molar-refractivity contribution is 7.86. The summed E-state index contributed by atoms with van der Waals surface area (Å²) in [6, 6.07) is -0.175. The molecule has 10 heteroatoms. The molecule has 30 heavy (non-hydrogen) atoms. The number of piperazine rings is 2. The largest absolute Gasteiger partial charge is 0.339 e. The highest BCUT2D eigenvalue weighted by atomic mass is 32.2. The van der Waals surface area contributed by atoms with E-state index in [1.807, 2.05) is 11.8 Å². The molecule has 1 aliphatic carbocycles. The Morgan fingerprint density at radius 2 is 1.40 bits per heavy atom. The van der Waals surface area contributed by atoms with Gasteiger partial charge in [-0.15, -0.1) is 0 Å². The van der Waals surface area contributed by atoms with Crippen LogP contribution in [0.4, 0.5) is 0 Å². The van der Waals surface area contributed by atoms with E-state index in [0.717, 1.165) is 25.7 Å². The van der Waals surface area contributed by atoms with E-state index in [-0.39, 0.29) is 23.9 Å². The van der Waals surface area contributed by atoms with Crippen LogP contribution in [0, 0.1) is 0 Å². The summed E-state index contributed by atoms with van der Waals surface area (Å²) in [5, 5.41) is 0. The first-order chi connectivity index (χ1) is 14.2. The Hall–Kier alpha value is -1.23. The second kappa shape index (κ2) is 9.93. The van der Waals surface area contributed by atoms with Crippen molar-refractivity contribution in [3.63, 3.8) is 0 Å². The molecule has 2 amide bonds. The molecule has 1 unspecified atom stereocenters. The molecule has 3 fully saturated rings. The molecule has 0 radical (unpaired) electrons. The summed E-state index contributed by atoms with van der Waals surface area (Å²) in [6.45, 7) is 7.66. The zero-order valence-corrected chi connectivity index (χ0v) is 19.4. The van der Waals surface area contributed by atoms with E-state index >= 15 is 0 Å². The number of carbonyl (C=O) groups is 2. The topological polar surface area (TPSA) is 84.5 Å². The molecule has 172 valence electrons. The monoisotopic (exact) mass is 443 g/mol. The Morgan fingerprint density at radius 1 is 0.867 bits per heavy atom. The fourth-order valence-electron chi connectivity index (χ4n) is 4.80. The first-order valence-electron chi connectivity index (χ1n) is 11.2. The minimum atomic E-state index is -3.46. The van der Waals surface area contributed by atoms with Crippen molar-refractivity contribution in [1.82, 2.24) is 23.3 Å². The average Bonchev–Trinajstić information content (AvgIpc) is 2.78. The van der Waals surface area contributed by atoms with Gasteiger partial charge in [-0.05, 0) is 19.8 Å². The van der Waals surface area contributed by atoms with Crippen LogP contribution < -0.4 is 0 Å². The Labute approximate surface area is 181 Å². The summed E-state index contributed by atoms with van der Waals surface area (Å²) in [5.74, 6) is 0.111. The fraction of sp³-hybridized carbons (Fsp3) is 0.900. The molecule has 0 aromatic carbocycles. The lowest BCUT2D eigenvalue weighted by Gasteiger charge is -2.42. The average molecular weight is 444 g/mol. The second-order valence-electron chi connectivity index (χ2n) is 8.76. The van der Waals surface area contributed by atoms with Gasteiger partial charge < -0.3 is 9.80 Å². The maximum Gasteiger partial charge on any atom is 0.282 e. The third-order valence-electron chi connectivity index (χ3n) is 6.99. The van der Waals surface area contributed by atoms with Crippen LogP contribution in [0.5, 0.6) is 0 Å². The van der Waals surface area contributed by atoms with E-state index in [2.05, 4.69) is 4.90 Å². The Balaban J connectivity index is 1.50. The summed E-state index contributed by atoms with van der Waals surface area (Å²) in [7, 11) is -1.75. The van der Waals surface area contributed by atoms with Crippen molar-refractivity contribution in [3.05, 3.63) is 0 Å². The van der Waals surface area contributed by atoms with Gasteiger partial charge in [0.25, 0.3) is 10.2 Å². The molecule has 2 aliphatic heterocycles. The minimum Gasteiger partial charge on any atom is -0.339 e. The summed E-state index contributed by atoms with van der Waals surface area (Å²) in [6.07, 6.45) is 5.27. The molecule has 9 nitrogen and oxygen atoms in total.